The first-order chi connectivity index (χ1) is 9.24. The van der Waals surface area contributed by atoms with Crippen molar-refractivity contribution in [3.63, 3.8) is 0 Å². The van der Waals surface area contributed by atoms with Gasteiger partial charge in [0.05, 0.1) is 31.4 Å². The molecule has 0 spiro atoms. The zero-order valence-corrected chi connectivity index (χ0v) is 11.4. The summed E-state index contributed by atoms with van der Waals surface area (Å²) in [7, 11) is 0. The van der Waals surface area contributed by atoms with E-state index in [0.29, 0.717) is 25.6 Å². The highest BCUT2D eigenvalue weighted by Crippen LogP contribution is 2.33. The fourth-order valence-electron chi connectivity index (χ4n) is 2.97. The van der Waals surface area contributed by atoms with E-state index in [9.17, 15) is 4.79 Å². The van der Waals surface area contributed by atoms with Crippen molar-refractivity contribution >= 4 is 5.91 Å². The van der Waals surface area contributed by atoms with E-state index in [4.69, 9.17) is 4.74 Å². The van der Waals surface area contributed by atoms with Gasteiger partial charge in [0.1, 0.15) is 0 Å². The molecule has 2 heterocycles. The highest BCUT2D eigenvalue weighted by molar-refractivity contribution is 5.78. The average molecular weight is 263 g/mol. The number of nitrogens with zero attached hydrogens (tertiary/aromatic N) is 2. The monoisotopic (exact) mass is 263 g/mol. The van der Waals surface area contributed by atoms with Crippen LogP contribution in [-0.4, -0.2) is 46.8 Å². The number of carbonyl (C=O) groups excluding carboxylic acids is 1. The fourth-order valence-corrected chi connectivity index (χ4v) is 2.97. The Labute approximate surface area is 113 Å². The predicted molar refractivity (Wildman–Crippen MR) is 70.7 cm³/mol. The molecule has 1 amide bonds. The van der Waals surface area contributed by atoms with Gasteiger partial charge in [-0.1, -0.05) is 6.42 Å². The van der Waals surface area contributed by atoms with Crippen molar-refractivity contribution < 1.29 is 9.53 Å². The Morgan fingerprint density at radius 3 is 3.05 bits per heavy atom. The molecule has 1 aliphatic heterocycles. The molecule has 5 nitrogen and oxygen atoms in total. The first kappa shape index (κ1) is 12.7. The number of morpholine rings is 1. The minimum absolute atomic E-state index is 0.187. The maximum Gasteiger partial charge on any atom is 0.229 e. The van der Waals surface area contributed by atoms with Crippen molar-refractivity contribution in [3.05, 3.63) is 17.5 Å². The third kappa shape index (κ3) is 2.66. The van der Waals surface area contributed by atoms with E-state index in [1.165, 1.54) is 19.3 Å². The normalized spacial score (nSPS) is 24.3. The lowest BCUT2D eigenvalue weighted by atomic mass is 9.79. The van der Waals surface area contributed by atoms with Crippen molar-refractivity contribution in [2.45, 2.75) is 38.6 Å². The Bertz CT molecular complexity index is 453. The van der Waals surface area contributed by atoms with Crippen LogP contribution >= 0.6 is 0 Å². The predicted octanol–water partition coefficient (Wildman–Crippen LogP) is 1.29. The second-order valence-corrected chi connectivity index (χ2v) is 5.64. The molecule has 0 radical (unpaired) electrons. The van der Waals surface area contributed by atoms with Gasteiger partial charge in [-0.25, -0.2) is 0 Å². The lowest BCUT2D eigenvalue weighted by Crippen LogP contribution is -2.54. The third-order valence-corrected chi connectivity index (χ3v) is 4.27. The van der Waals surface area contributed by atoms with Gasteiger partial charge in [0.25, 0.3) is 0 Å². The number of nitrogens with one attached hydrogen (secondary N) is 1. The van der Waals surface area contributed by atoms with Gasteiger partial charge >= 0.3 is 0 Å². The number of H-pyrrole nitrogens is 1. The highest BCUT2D eigenvalue weighted by Gasteiger charge is 2.36. The number of hydrogen-bond acceptors (Lipinski definition) is 3. The first-order valence-corrected chi connectivity index (χ1v) is 7.12. The maximum absolute atomic E-state index is 12.4. The molecule has 1 aromatic rings. The van der Waals surface area contributed by atoms with E-state index in [0.717, 1.165) is 17.9 Å². The average Bonchev–Trinajstić information content (AvgIpc) is 2.73. The standard InChI is InChI=1S/C14H21N3O2/c1-10-7-12(16-15-10)8-14(18)17-5-6-19-9-13(17)11-3-2-4-11/h7,11,13H,2-6,8-9H2,1H3,(H,15,16). The number of ether oxygens (including phenoxy) is 1. The summed E-state index contributed by atoms with van der Waals surface area (Å²) < 4.78 is 5.56. The minimum atomic E-state index is 0.187. The summed E-state index contributed by atoms with van der Waals surface area (Å²) in [6.45, 7) is 4.04. The zero-order valence-electron chi connectivity index (χ0n) is 11.4. The number of rotatable bonds is 3. The third-order valence-electron chi connectivity index (χ3n) is 4.27. The van der Waals surface area contributed by atoms with Crippen molar-refractivity contribution in [2.24, 2.45) is 5.92 Å². The van der Waals surface area contributed by atoms with Crippen LogP contribution in [0.2, 0.25) is 0 Å². The van der Waals surface area contributed by atoms with E-state index >= 15 is 0 Å². The van der Waals surface area contributed by atoms with Crippen molar-refractivity contribution in [2.75, 3.05) is 19.8 Å². The van der Waals surface area contributed by atoms with Gasteiger partial charge in [-0.05, 0) is 31.7 Å². The number of hydrogen-bond donors (Lipinski definition) is 1. The van der Waals surface area contributed by atoms with E-state index in [1.807, 2.05) is 17.9 Å². The van der Waals surface area contributed by atoms with E-state index in [2.05, 4.69) is 10.2 Å². The molecule has 3 rings (SSSR count). The molecular weight excluding hydrogens is 242 g/mol. The fraction of sp³-hybridized carbons (Fsp3) is 0.714. The van der Waals surface area contributed by atoms with Crippen molar-refractivity contribution in [1.29, 1.82) is 0 Å². The molecule has 0 aromatic carbocycles. The summed E-state index contributed by atoms with van der Waals surface area (Å²) in [5, 5.41) is 7.04. The topological polar surface area (TPSA) is 58.2 Å². The van der Waals surface area contributed by atoms with Gasteiger partial charge in [0.2, 0.25) is 5.91 Å². The number of carbonyl (C=O) groups is 1. The van der Waals surface area contributed by atoms with Crippen LogP contribution in [0, 0.1) is 12.8 Å². The quantitative estimate of drug-likeness (QED) is 0.894. The molecule has 1 unspecified atom stereocenters. The Hall–Kier alpha value is -1.36. The number of aromatic nitrogens is 2. The Balaban J connectivity index is 1.66. The summed E-state index contributed by atoms with van der Waals surface area (Å²) in [6.07, 6.45) is 4.16. The molecular formula is C14H21N3O2. The number of amides is 1. The van der Waals surface area contributed by atoms with Crippen LogP contribution in [0.15, 0.2) is 6.07 Å². The minimum Gasteiger partial charge on any atom is -0.377 e. The van der Waals surface area contributed by atoms with Gasteiger partial charge in [0.15, 0.2) is 0 Å². The number of aromatic amines is 1. The molecule has 1 aliphatic carbocycles. The number of aryl methyl sites for hydroxylation is 1. The Morgan fingerprint density at radius 1 is 1.58 bits per heavy atom. The Kier molecular flexibility index (Phi) is 3.55. The van der Waals surface area contributed by atoms with Gasteiger partial charge in [-0.15, -0.1) is 0 Å². The smallest absolute Gasteiger partial charge is 0.229 e. The molecule has 1 aromatic heterocycles. The molecule has 1 atom stereocenters. The summed E-state index contributed by atoms with van der Waals surface area (Å²) >= 11 is 0. The van der Waals surface area contributed by atoms with Gasteiger partial charge < -0.3 is 9.64 Å². The molecule has 1 saturated carbocycles. The zero-order chi connectivity index (χ0) is 13.2. The Morgan fingerprint density at radius 2 is 2.42 bits per heavy atom. The second kappa shape index (κ2) is 5.33. The summed E-state index contributed by atoms with van der Waals surface area (Å²) in [4.78, 5) is 14.5. The summed E-state index contributed by atoms with van der Waals surface area (Å²) in [5.74, 6) is 0.830. The van der Waals surface area contributed by atoms with Crippen LogP contribution in [-0.2, 0) is 16.0 Å². The molecule has 5 heteroatoms. The maximum atomic E-state index is 12.4. The van der Waals surface area contributed by atoms with Gasteiger partial charge in [0, 0.05) is 12.2 Å². The molecule has 104 valence electrons. The molecule has 1 saturated heterocycles. The lowest BCUT2D eigenvalue weighted by molar-refractivity contribution is -0.143. The van der Waals surface area contributed by atoms with Crippen LogP contribution in [0.3, 0.4) is 0 Å². The van der Waals surface area contributed by atoms with E-state index in [1.54, 1.807) is 0 Å². The van der Waals surface area contributed by atoms with Crippen LogP contribution in [0.25, 0.3) is 0 Å². The summed E-state index contributed by atoms with van der Waals surface area (Å²) in [6, 6.07) is 2.23. The van der Waals surface area contributed by atoms with Gasteiger partial charge in [-0.2, -0.15) is 5.10 Å². The van der Waals surface area contributed by atoms with Gasteiger partial charge in [-0.3, -0.25) is 9.89 Å². The molecule has 0 bridgehead atoms. The second-order valence-electron chi connectivity index (χ2n) is 5.64. The SMILES string of the molecule is Cc1cc(CC(=O)N2CCOCC2C2CCC2)n[nH]1. The van der Waals surface area contributed by atoms with Crippen LogP contribution in [0.5, 0.6) is 0 Å². The van der Waals surface area contributed by atoms with Crippen LogP contribution in [0.1, 0.15) is 30.7 Å². The summed E-state index contributed by atoms with van der Waals surface area (Å²) in [5.41, 5.74) is 1.83. The van der Waals surface area contributed by atoms with E-state index < -0.39 is 0 Å². The molecule has 2 aliphatic rings. The molecule has 19 heavy (non-hydrogen) atoms. The molecule has 2 fully saturated rings. The molecule has 1 N–H and O–H groups in total. The van der Waals surface area contributed by atoms with Crippen LogP contribution < -0.4 is 0 Å². The van der Waals surface area contributed by atoms with Crippen molar-refractivity contribution in [3.8, 4) is 0 Å². The van der Waals surface area contributed by atoms with E-state index in [-0.39, 0.29) is 11.9 Å². The van der Waals surface area contributed by atoms with Crippen LogP contribution in [0.4, 0.5) is 0 Å². The highest BCUT2D eigenvalue weighted by atomic mass is 16.5. The van der Waals surface area contributed by atoms with Crippen molar-refractivity contribution in [1.82, 2.24) is 15.1 Å². The first-order valence-electron chi connectivity index (χ1n) is 7.12. The lowest BCUT2D eigenvalue weighted by Gasteiger charge is -2.43. The largest absolute Gasteiger partial charge is 0.377 e.